The summed E-state index contributed by atoms with van der Waals surface area (Å²) in [4.78, 5) is 28.0. The molecule has 1 amide bonds. The third-order valence-corrected chi connectivity index (χ3v) is 7.00. The Morgan fingerprint density at radius 2 is 1.45 bits per heavy atom. The lowest BCUT2D eigenvalue weighted by Gasteiger charge is -2.30. The first-order valence-corrected chi connectivity index (χ1v) is 12.5. The molecule has 1 fully saturated rings. The van der Waals surface area contributed by atoms with Crippen LogP contribution in [0, 0.1) is 0 Å². The molecule has 0 N–H and O–H groups in total. The van der Waals surface area contributed by atoms with E-state index in [1.807, 2.05) is 77.7 Å². The fourth-order valence-corrected chi connectivity index (χ4v) is 4.64. The molecule has 1 heterocycles. The van der Waals surface area contributed by atoms with Crippen molar-refractivity contribution in [2.45, 2.75) is 6.42 Å². The van der Waals surface area contributed by atoms with E-state index in [1.165, 1.54) is 0 Å². The Kier molecular flexibility index (Phi) is 8.68. The number of Topliss-reactive ketones (excluding diaryl/α,β-unsaturated/α-hetero) is 1. The van der Waals surface area contributed by atoms with Crippen molar-refractivity contribution in [3.8, 4) is 0 Å². The van der Waals surface area contributed by atoms with Crippen LogP contribution in [0.25, 0.3) is 12.2 Å². The van der Waals surface area contributed by atoms with Crippen molar-refractivity contribution in [2.24, 2.45) is 0 Å². The van der Waals surface area contributed by atoms with Crippen LogP contribution in [0.1, 0.15) is 17.5 Å². The number of carbonyl (C=O) groups excluding carboxylic acids is 2. The van der Waals surface area contributed by atoms with Gasteiger partial charge in [-0.3, -0.25) is 9.59 Å². The highest BCUT2D eigenvalue weighted by Gasteiger charge is 2.29. The van der Waals surface area contributed by atoms with Crippen molar-refractivity contribution in [3.05, 3.63) is 82.9 Å². The number of nitrogens with zero attached hydrogens (tertiary/aromatic N) is 1. The molecule has 0 aromatic heterocycles. The largest absolute Gasteiger partial charge is 0.380 e. The Morgan fingerprint density at radius 1 is 0.935 bits per heavy atom. The molecule has 0 saturated carbocycles. The molecule has 4 nitrogen and oxygen atoms in total. The smallest absolute Gasteiger partial charge is 0.227 e. The van der Waals surface area contributed by atoms with Gasteiger partial charge in [-0.05, 0) is 34.2 Å². The number of likely N-dealkylation sites (tertiary alicyclic amines) is 1. The molecular formula is C26H30NO3S+. The molecule has 2 aromatic rings. The van der Waals surface area contributed by atoms with Crippen LogP contribution in [-0.2, 0) is 25.2 Å². The number of piperidine rings is 1. The number of carbonyl (C=O) groups is 2. The van der Waals surface area contributed by atoms with Crippen LogP contribution in [0.15, 0.2) is 71.8 Å². The van der Waals surface area contributed by atoms with Crippen LogP contribution < -0.4 is 0 Å². The number of ether oxygens (including phenoxy) is 1. The highest BCUT2D eigenvalue weighted by Crippen LogP contribution is 2.23. The van der Waals surface area contributed by atoms with Crippen molar-refractivity contribution in [1.82, 2.24) is 4.90 Å². The Hall–Kier alpha value is -2.63. The molecule has 1 unspecified atom stereocenters. The second-order valence-electron chi connectivity index (χ2n) is 7.67. The summed E-state index contributed by atoms with van der Waals surface area (Å²) in [5.41, 5.74) is 3.24. The molecule has 1 aliphatic rings. The molecule has 5 heteroatoms. The molecule has 0 radical (unpaired) electrons. The molecule has 0 spiro atoms. The average Bonchev–Trinajstić information content (AvgIpc) is 2.80. The molecule has 1 aliphatic heterocycles. The maximum atomic E-state index is 13.2. The average molecular weight is 437 g/mol. The molecule has 3 rings (SSSR count). The first-order valence-electron chi connectivity index (χ1n) is 10.5. The summed E-state index contributed by atoms with van der Waals surface area (Å²) in [6.07, 6.45) is 6.48. The monoisotopic (exact) mass is 436 g/mol. The predicted octanol–water partition coefficient (Wildman–Crippen LogP) is 3.85. The summed E-state index contributed by atoms with van der Waals surface area (Å²) in [6, 6.07) is 19.6. The number of methoxy groups -OCH3 is 1. The third-order valence-electron chi connectivity index (χ3n) is 5.24. The number of ketones is 1. The quantitative estimate of drug-likeness (QED) is 0.466. The summed E-state index contributed by atoms with van der Waals surface area (Å²) < 4.78 is 5.15. The van der Waals surface area contributed by atoms with E-state index < -0.39 is 0 Å². The van der Waals surface area contributed by atoms with E-state index >= 15 is 0 Å². The fraction of sp³-hybridized carbons (Fsp3) is 0.308. The Balaban J connectivity index is 1.81. The van der Waals surface area contributed by atoms with Gasteiger partial charge in [-0.15, -0.1) is 0 Å². The second kappa shape index (κ2) is 11.7. The standard InChI is InChI=1S/C26H30NO3S/c1-30-14-16-31(2)15-13-25(28)27-19-23(17-21-9-5-3-6-10-21)26(29)24(20-27)18-22-11-7-4-8-12-22/h3-12,17-18H,13-16,19-20H2,1-2H3/q+1/b23-17+,24-18+. The minimum absolute atomic E-state index is 0.0205. The number of amides is 1. The summed E-state index contributed by atoms with van der Waals surface area (Å²) in [6.45, 7) is 1.43. The SMILES string of the molecule is COCC[S+](C)CCC(=O)N1C/C(=C\c2ccccc2)C(=O)/C(=C/c2ccccc2)C1. The lowest BCUT2D eigenvalue weighted by Crippen LogP contribution is -2.42. The molecule has 1 atom stereocenters. The van der Waals surface area contributed by atoms with E-state index in [1.54, 1.807) is 7.11 Å². The van der Waals surface area contributed by atoms with Crippen LogP contribution in [0.3, 0.4) is 0 Å². The third kappa shape index (κ3) is 6.94. The van der Waals surface area contributed by atoms with Gasteiger partial charge in [0.05, 0.1) is 19.3 Å². The maximum Gasteiger partial charge on any atom is 0.227 e. The van der Waals surface area contributed by atoms with Gasteiger partial charge >= 0.3 is 0 Å². The molecule has 1 saturated heterocycles. The lowest BCUT2D eigenvalue weighted by molar-refractivity contribution is -0.130. The van der Waals surface area contributed by atoms with Gasteiger partial charge in [0.2, 0.25) is 5.91 Å². The maximum absolute atomic E-state index is 13.2. The van der Waals surface area contributed by atoms with Crippen molar-refractivity contribution in [1.29, 1.82) is 0 Å². The van der Waals surface area contributed by atoms with Crippen LogP contribution in [0.2, 0.25) is 0 Å². The number of hydrogen-bond acceptors (Lipinski definition) is 3. The van der Waals surface area contributed by atoms with Gasteiger partial charge in [0.1, 0.15) is 11.5 Å². The predicted molar refractivity (Wildman–Crippen MR) is 130 cm³/mol. The molecule has 0 aliphatic carbocycles. The zero-order valence-electron chi connectivity index (χ0n) is 18.3. The first-order chi connectivity index (χ1) is 15.1. The van der Waals surface area contributed by atoms with Gasteiger partial charge in [-0.25, -0.2) is 0 Å². The second-order valence-corrected chi connectivity index (χ2v) is 10.1. The van der Waals surface area contributed by atoms with E-state index in [0.29, 0.717) is 30.7 Å². The number of benzene rings is 2. The Labute approximate surface area is 188 Å². The van der Waals surface area contributed by atoms with Gasteiger partial charge in [-0.1, -0.05) is 60.7 Å². The molecule has 31 heavy (non-hydrogen) atoms. The normalized spacial score (nSPS) is 17.9. The van der Waals surface area contributed by atoms with Crippen LogP contribution in [0.4, 0.5) is 0 Å². The van der Waals surface area contributed by atoms with Gasteiger partial charge in [-0.2, -0.15) is 0 Å². The summed E-state index contributed by atoms with van der Waals surface area (Å²) in [7, 11) is 1.85. The van der Waals surface area contributed by atoms with Crippen LogP contribution >= 0.6 is 0 Å². The summed E-state index contributed by atoms with van der Waals surface area (Å²) >= 11 is 0. The molecular weight excluding hydrogens is 406 g/mol. The van der Waals surface area contributed by atoms with E-state index in [9.17, 15) is 9.59 Å². The summed E-state index contributed by atoms with van der Waals surface area (Å²) in [5.74, 6) is 1.94. The zero-order chi connectivity index (χ0) is 22.1. The lowest BCUT2D eigenvalue weighted by atomic mass is 9.94. The van der Waals surface area contributed by atoms with E-state index in [2.05, 4.69) is 6.26 Å². The van der Waals surface area contributed by atoms with Gasteiger partial charge in [0.15, 0.2) is 5.78 Å². The van der Waals surface area contributed by atoms with Gasteiger partial charge < -0.3 is 9.64 Å². The fourth-order valence-electron chi connectivity index (χ4n) is 3.46. The highest BCUT2D eigenvalue weighted by molar-refractivity contribution is 7.96. The number of rotatable bonds is 8. The van der Waals surface area contributed by atoms with Gasteiger partial charge in [0, 0.05) is 31.3 Å². The molecule has 162 valence electrons. The van der Waals surface area contributed by atoms with Gasteiger partial charge in [0.25, 0.3) is 0 Å². The Morgan fingerprint density at radius 3 is 1.94 bits per heavy atom. The minimum Gasteiger partial charge on any atom is -0.380 e. The summed E-state index contributed by atoms with van der Waals surface area (Å²) in [5, 5.41) is 0. The van der Waals surface area contributed by atoms with Crippen molar-refractivity contribution in [2.75, 3.05) is 44.6 Å². The van der Waals surface area contributed by atoms with Crippen LogP contribution in [-0.4, -0.2) is 61.2 Å². The van der Waals surface area contributed by atoms with E-state index in [-0.39, 0.29) is 22.6 Å². The van der Waals surface area contributed by atoms with Crippen molar-refractivity contribution in [3.63, 3.8) is 0 Å². The topological polar surface area (TPSA) is 46.6 Å². The first kappa shape index (κ1) is 23.0. The number of hydrogen-bond donors (Lipinski definition) is 0. The zero-order valence-corrected chi connectivity index (χ0v) is 19.1. The highest BCUT2D eigenvalue weighted by atomic mass is 32.2. The van der Waals surface area contributed by atoms with Crippen molar-refractivity contribution < 1.29 is 14.3 Å². The minimum atomic E-state index is 0.0205. The Bertz CT molecular complexity index is 876. The van der Waals surface area contributed by atoms with E-state index in [4.69, 9.17) is 4.74 Å². The molecule has 2 aromatic carbocycles. The van der Waals surface area contributed by atoms with Crippen molar-refractivity contribution >= 4 is 34.7 Å². The van der Waals surface area contributed by atoms with E-state index in [0.717, 1.165) is 29.2 Å². The van der Waals surface area contributed by atoms with Crippen LogP contribution in [0.5, 0.6) is 0 Å². The molecule has 0 bridgehead atoms.